The largest absolute Gasteiger partial charge is 0.465 e. The number of rotatable bonds is 14. The summed E-state index contributed by atoms with van der Waals surface area (Å²) in [4.78, 5) is 45.3. The van der Waals surface area contributed by atoms with Crippen molar-refractivity contribution in [2.24, 2.45) is 11.8 Å². The Morgan fingerprint density at radius 1 is 1.22 bits per heavy atom. The van der Waals surface area contributed by atoms with Crippen molar-refractivity contribution in [3.63, 3.8) is 0 Å². The first kappa shape index (κ1) is 30.2. The number of carbonyl (C=O) groups is 3. The highest BCUT2D eigenvalue weighted by atomic mass is 79.9. The van der Waals surface area contributed by atoms with Crippen LogP contribution in [0.2, 0.25) is 0 Å². The maximum atomic E-state index is 14.3. The third-order valence-electron chi connectivity index (χ3n) is 7.79. The second-order valence-electron chi connectivity index (χ2n) is 11.3. The molecule has 0 aliphatic carbocycles. The molecular formula is C28H43BrN2O5S. The predicted molar refractivity (Wildman–Crippen MR) is 152 cm³/mol. The molecular weight excluding hydrogens is 556 g/mol. The first-order chi connectivity index (χ1) is 17.5. The van der Waals surface area contributed by atoms with Gasteiger partial charge in [-0.3, -0.25) is 14.4 Å². The molecule has 3 unspecified atom stereocenters. The van der Waals surface area contributed by atoms with Gasteiger partial charge >= 0.3 is 5.97 Å². The molecule has 3 heterocycles. The highest BCUT2D eigenvalue weighted by molar-refractivity contribution is 9.09. The van der Waals surface area contributed by atoms with Crippen LogP contribution < -0.4 is 0 Å². The van der Waals surface area contributed by atoms with Gasteiger partial charge in [-0.25, -0.2) is 0 Å². The number of thioether (sulfide) groups is 1. The van der Waals surface area contributed by atoms with E-state index in [4.69, 9.17) is 4.74 Å². The molecule has 2 amide bonds. The number of unbranched alkanes of at least 4 members (excludes halogenated alkanes) is 4. The van der Waals surface area contributed by atoms with Crippen molar-refractivity contribution >= 4 is 45.5 Å². The van der Waals surface area contributed by atoms with E-state index >= 15 is 0 Å². The van der Waals surface area contributed by atoms with Crippen LogP contribution in [0.1, 0.15) is 65.7 Å². The Hall–Kier alpha value is -1.32. The van der Waals surface area contributed by atoms with Crippen LogP contribution in [0, 0.1) is 11.8 Å². The third kappa shape index (κ3) is 5.98. The fourth-order valence-corrected chi connectivity index (χ4v) is 9.72. The molecule has 7 nitrogen and oxygen atoms in total. The highest BCUT2D eigenvalue weighted by Gasteiger charge is 2.76. The molecule has 3 rings (SSSR count). The number of hydrogen-bond acceptors (Lipinski definition) is 6. The molecule has 2 bridgehead atoms. The van der Waals surface area contributed by atoms with Gasteiger partial charge in [0.15, 0.2) is 0 Å². The van der Waals surface area contributed by atoms with E-state index in [1.54, 1.807) is 27.6 Å². The Kier molecular flexibility index (Phi) is 10.4. The minimum atomic E-state index is -0.679. The lowest BCUT2D eigenvalue weighted by molar-refractivity contribution is -0.154. The summed E-state index contributed by atoms with van der Waals surface area (Å²) in [6.45, 7) is 14.8. The summed E-state index contributed by atoms with van der Waals surface area (Å²) in [6, 6.07) is -0.654. The van der Waals surface area contributed by atoms with E-state index in [0.717, 1.165) is 25.7 Å². The number of nitrogens with zero attached hydrogens (tertiary/aromatic N) is 2. The molecule has 0 aromatic rings. The van der Waals surface area contributed by atoms with Crippen molar-refractivity contribution < 1.29 is 24.2 Å². The molecule has 0 saturated carbocycles. The summed E-state index contributed by atoms with van der Waals surface area (Å²) in [5.41, 5.74) is -0.454. The van der Waals surface area contributed by atoms with Gasteiger partial charge in [-0.05, 0) is 65.7 Å². The smallest absolute Gasteiger partial charge is 0.310 e. The molecule has 6 atom stereocenters. The molecule has 9 heteroatoms. The standard InChI is InChI=1S/C28H43BrN2O5S/c1-6-8-9-13-17-36-26(35)20-21-24(33)30(15-11-10-12-16-32)23(28(21)18-19(29)22(20)37-28)25(34)31(14-7-2)27(3,4)5/h6-7,19-23,32H,1-2,8-18H2,3-5H3/t19?,20-,21-,22-,23?,28?/m0/s1. The summed E-state index contributed by atoms with van der Waals surface area (Å²) in [7, 11) is 0. The average molecular weight is 600 g/mol. The van der Waals surface area contributed by atoms with E-state index < -0.39 is 28.2 Å². The number of alkyl halides is 1. The van der Waals surface area contributed by atoms with Gasteiger partial charge in [0.1, 0.15) is 6.04 Å². The molecule has 3 aliphatic rings. The van der Waals surface area contributed by atoms with Gasteiger partial charge in [-0.15, -0.1) is 24.9 Å². The lowest BCUT2D eigenvalue weighted by Gasteiger charge is -2.42. The Morgan fingerprint density at radius 3 is 2.57 bits per heavy atom. The number of carbonyl (C=O) groups excluding carboxylic acids is 3. The van der Waals surface area contributed by atoms with Crippen LogP contribution in [-0.2, 0) is 19.1 Å². The number of fused-ring (bicyclic) bond motifs is 1. The number of allylic oxidation sites excluding steroid dienone is 1. The van der Waals surface area contributed by atoms with E-state index in [9.17, 15) is 19.5 Å². The van der Waals surface area contributed by atoms with Gasteiger partial charge in [-0.1, -0.05) is 28.1 Å². The van der Waals surface area contributed by atoms with Crippen molar-refractivity contribution in [3.05, 3.63) is 25.3 Å². The highest BCUT2D eigenvalue weighted by Crippen LogP contribution is 2.68. The van der Waals surface area contributed by atoms with E-state index in [1.807, 2.05) is 26.8 Å². The number of esters is 1. The summed E-state index contributed by atoms with van der Waals surface area (Å²) >= 11 is 5.43. The normalized spacial score (nSPS) is 30.4. The molecule has 1 N–H and O–H groups in total. The molecule has 0 aromatic heterocycles. The van der Waals surface area contributed by atoms with Gasteiger partial charge in [0.25, 0.3) is 0 Å². The number of aliphatic hydroxyl groups is 1. The van der Waals surface area contributed by atoms with Crippen LogP contribution in [-0.4, -0.2) is 85.4 Å². The molecule has 3 fully saturated rings. The van der Waals surface area contributed by atoms with Crippen LogP contribution in [0.5, 0.6) is 0 Å². The summed E-state index contributed by atoms with van der Waals surface area (Å²) in [5.74, 6) is -1.67. The summed E-state index contributed by atoms with van der Waals surface area (Å²) < 4.78 is 5.02. The number of halogens is 1. The van der Waals surface area contributed by atoms with Crippen molar-refractivity contribution in [2.75, 3.05) is 26.3 Å². The first-order valence-corrected chi connectivity index (χ1v) is 15.3. The average Bonchev–Trinajstić information content (AvgIpc) is 3.42. The van der Waals surface area contributed by atoms with Gasteiger partial charge < -0.3 is 19.6 Å². The topological polar surface area (TPSA) is 87.1 Å². The third-order valence-corrected chi connectivity index (χ3v) is 11.0. The number of amides is 2. The van der Waals surface area contributed by atoms with E-state index in [2.05, 4.69) is 29.1 Å². The summed E-state index contributed by atoms with van der Waals surface area (Å²) in [5, 5.41) is 9.11. The number of aliphatic hydroxyl groups excluding tert-OH is 1. The Bertz CT molecular complexity index is 877. The zero-order valence-corrected chi connectivity index (χ0v) is 24.9. The van der Waals surface area contributed by atoms with Crippen LogP contribution in [0.4, 0.5) is 0 Å². The Labute approximate surface area is 234 Å². The van der Waals surface area contributed by atoms with Crippen molar-refractivity contribution in [1.29, 1.82) is 0 Å². The molecule has 37 heavy (non-hydrogen) atoms. The van der Waals surface area contributed by atoms with E-state index in [1.165, 1.54) is 0 Å². The van der Waals surface area contributed by atoms with Gasteiger partial charge in [0, 0.05) is 35.3 Å². The zero-order chi connectivity index (χ0) is 27.4. The zero-order valence-electron chi connectivity index (χ0n) is 22.5. The van der Waals surface area contributed by atoms with Gasteiger partial charge in [0.05, 0.1) is 23.2 Å². The summed E-state index contributed by atoms with van der Waals surface area (Å²) in [6.07, 6.45) is 8.86. The maximum Gasteiger partial charge on any atom is 0.310 e. The SMILES string of the molecule is C=CCCCCOC(=O)[C@H]1[C@H]2C(=O)N(CCCCCO)C(C(=O)N(CC=C)C(C)(C)C)C23CC(Br)[C@@H]1S3. The molecule has 208 valence electrons. The molecule has 3 saturated heterocycles. The second kappa shape index (κ2) is 12.7. The molecule has 0 aromatic carbocycles. The van der Waals surface area contributed by atoms with Crippen LogP contribution in [0.25, 0.3) is 0 Å². The fourth-order valence-electron chi connectivity index (χ4n) is 6.12. The Balaban J connectivity index is 1.94. The monoisotopic (exact) mass is 598 g/mol. The lowest BCUT2D eigenvalue weighted by Crippen LogP contribution is -2.59. The number of ether oxygens (including phenoxy) is 1. The van der Waals surface area contributed by atoms with Crippen molar-refractivity contribution in [3.8, 4) is 0 Å². The molecule has 1 spiro atoms. The second-order valence-corrected chi connectivity index (χ2v) is 14.1. The van der Waals surface area contributed by atoms with E-state index in [0.29, 0.717) is 39.0 Å². The quantitative estimate of drug-likeness (QED) is 0.139. The first-order valence-electron chi connectivity index (χ1n) is 13.5. The van der Waals surface area contributed by atoms with Gasteiger partial charge in [-0.2, -0.15) is 0 Å². The van der Waals surface area contributed by atoms with Crippen LogP contribution in [0.15, 0.2) is 25.3 Å². The minimum absolute atomic E-state index is 0.0204. The molecule has 3 aliphatic heterocycles. The number of likely N-dealkylation sites (tertiary alicyclic amines) is 1. The van der Waals surface area contributed by atoms with Crippen LogP contribution >= 0.6 is 27.7 Å². The van der Waals surface area contributed by atoms with Crippen molar-refractivity contribution in [1.82, 2.24) is 9.80 Å². The maximum absolute atomic E-state index is 14.3. The van der Waals surface area contributed by atoms with Crippen LogP contribution in [0.3, 0.4) is 0 Å². The van der Waals surface area contributed by atoms with Gasteiger partial charge in [0.2, 0.25) is 11.8 Å². The Morgan fingerprint density at radius 2 is 1.95 bits per heavy atom. The molecule has 0 radical (unpaired) electrons. The predicted octanol–water partition coefficient (Wildman–Crippen LogP) is 4.33. The fraction of sp³-hybridized carbons (Fsp3) is 0.750. The van der Waals surface area contributed by atoms with E-state index in [-0.39, 0.29) is 34.5 Å². The number of hydrogen-bond donors (Lipinski definition) is 1. The lowest BCUT2D eigenvalue weighted by atomic mass is 9.71. The minimum Gasteiger partial charge on any atom is -0.465 e. The van der Waals surface area contributed by atoms with Crippen molar-refractivity contribution in [2.45, 2.75) is 92.1 Å².